The van der Waals surface area contributed by atoms with Crippen LogP contribution in [-0.4, -0.2) is 36.8 Å². The van der Waals surface area contributed by atoms with Crippen LogP contribution in [0.3, 0.4) is 0 Å². The van der Waals surface area contributed by atoms with Crippen LogP contribution in [0.1, 0.15) is 57.9 Å². The summed E-state index contributed by atoms with van der Waals surface area (Å²) in [4.78, 5) is 30.9. The quantitative estimate of drug-likeness (QED) is 0.659. The van der Waals surface area contributed by atoms with Crippen LogP contribution < -0.4 is 0 Å². The molecule has 2 aliphatic heterocycles. The number of nitrogens with zero attached hydrogens (tertiary/aromatic N) is 1. The van der Waals surface area contributed by atoms with Crippen molar-refractivity contribution in [3.63, 3.8) is 0 Å². The number of halogens is 2. The van der Waals surface area contributed by atoms with Crippen molar-refractivity contribution in [2.45, 2.75) is 58.5 Å². The molecule has 7 heteroatoms. The molecular weight excluding hydrogens is 404 g/mol. The summed E-state index contributed by atoms with van der Waals surface area (Å²) in [5.41, 5.74) is 1.65. The Morgan fingerprint density at radius 3 is 2.71 bits per heavy atom. The molecule has 1 aromatic carbocycles. The van der Waals surface area contributed by atoms with Gasteiger partial charge in [0.25, 0.3) is 0 Å². The van der Waals surface area contributed by atoms with Crippen molar-refractivity contribution in [2.24, 2.45) is 16.3 Å². The van der Waals surface area contributed by atoms with Crippen molar-refractivity contribution in [2.75, 3.05) is 13.2 Å². The maximum Gasteiger partial charge on any atom is 0.315 e. The predicted molar refractivity (Wildman–Crippen MR) is 111 cm³/mol. The zero-order chi connectivity index (χ0) is 22.3. The highest BCUT2D eigenvalue weighted by atomic mass is 19.2. The first-order valence-electron chi connectivity index (χ1n) is 10.7. The van der Waals surface area contributed by atoms with E-state index in [-0.39, 0.29) is 23.9 Å². The highest BCUT2D eigenvalue weighted by Crippen LogP contribution is 2.48. The predicted octanol–water partition coefficient (Wildman–Crippen LogP) is 4.50. The summed E-state index contributed by atoms with van der Waals surface area (Å²) < 4.78 is 38.8. The van der Waals surface area contributed by atoms with Gasteiger partial charge in [-0.3, -0.25) is 14.6 Å². The summed E-state index contributed by atoms with van der Waals surface area (Å²) in [6, 6.07) is 3.52. The Morgan fingerprint density at radius 2 is 2.03 bits per heavy atom. The number of allylic oxidation sites excluding steroid dienone is 2. The van der Waals surface area contributed by atoms with Crippen molar-refractivity contribution < 1.29 is 27.8 Å². The molecule has 3 atom stereocenters. The number of ether oxygens (including phenoxy) is 2. The lowest BCUT2D eigenvalue weighted by Gasteiger charge is -2.39. The Balaban J connectivity index is 1.73. The van der Waals surface area contributed by atoms with Crippen molar-refractivity contribution in [3.05, 3.63) is 46.7 Å². The molecule has 31 heavy (non-hydrogen) atoms. The van der Waals surface area contributed by atoms with Crippen LogP contribution in [-0.2, 0) is 19.1 Å². The third-order valence-electron chi connectivity index (χ3n) is 6.29. The van der Waals surface area contributed by atoms with Gasteiger partial charge >= 0.3 is 5.97 Å². The normalized spacial score (nSPS) is 27.7. The lowest BCUT2D eigenvalue weighted by atomic mass is 9.67. The van der Waals surface area contributed by atoms with Crippen LogP contribution in [0, 0.1) is 23.0 Å². The molecule has 5 nitrogen and oxygen atoms in total. The second-order valence-corrected chi connectivity index (χ2v) is 9.45. The van der Waals surface area contributed by atoms with Crippen LogP contribution in [0.25, 0.3) is 0 Å². The second-order valence-electron chi connectivity index (χ2n) is 9.45. The fourth-order valence-corrected chi connectivity index (χ4v) is 4.86. The first-order chi connectivity index (χ1) is 14.7. The molecule has 0 aromatic heterocycles. The van der Waals surface area contributed by atoms with E-state index in [0.717, 1.165) is 25.0 Å². The molecular formula is C24H27F2NO4. The molecule has 1 fully saturated rings. The van der Waals surface area contributed by atoms with Crippen LogP contribution in [0.5, 0.6) is 0 Å². The number of ketones is 1. The van der Waals surface area contributed by atoms with E-state index in [4.69, 9.17) is 9.47 Å². The van der Waals surface area contributed by atoms with Crippen LogP contribution >= 0.6 is 0 Å². The first-order valence-corrected chi connectivity index (χ1v) is 10.7. The molecule has 1 unspecified atom stereocenters. The summed E-state index contributed by atoms with van der Waals surface area (Å²) in [6.45, 7) is 6.48. The van der Waals surface area contributed by atoms with Gasteiger partial charge in [0.1, 0.15) is 12.5 Å². The SMILES string of the molecule is CC1=NC2=C(C(=O)CC(C)(C)C2)[C@H](c2ccc(F)c(F)c2)C1C(=O)OC[C@H]1CCCO1. The van der Waals surface area contributed by atoms with E-state index in [9.17, 15) is 18.4 Å². The van der Waals surface area contributed by atoms with E-state index >= 15 is 0 Å². The number of hydrogen-bond donors (Lipinski definition) is 0. The monoisotopic (exact) mass is 431 g/mol. The molecule has 1 aromatic rings. The Bertz CT molecular complexity index is 976. The van der Waals surface area contributed by atoms with Crippen molar-refractivity contribution in [1.29, 1.82) is 0 Å². The first kappa shape index (κ1) is 21.8. The standard InChI is InChI=1S/C24H27F2NO4/c1-13-20(23(29)31-12-15-5-4-8-30-15)21(14-6-7-16(25)17(26)9-14)22-18(27-13)10-24(2,3)11-19(22)28/h6-7,9,15,20-21H,4-5,8,10-12H2,1-3H3/t15-,20?,21-/m1/s1. The summed E-state index contributed by atoms with van der Waals surface area (Å²) in [6.07, 6.45) is 2.48. The Hall–Kier alpha value is -2.41. The number of carbonyl (C=O) groups excluding carboxylic acids is 2. The molecule has 3 aliphatic rings. The molecule has 1 aliphatic carbocycles. The van der Waals surface area contributed by atoms with Crippen molar-refractivity contribution in [1.82, 2.24) is 0 Å². The zero-order valence-electron chi connectivity index (χ0n) is 18.0. The number of carbonyl (C=O) groups is 2. The van der Waals surface area contributed by atoms with Gasteiger partial charge in [-0.1, -0.05) is 19.9 Å². The molecule has 2 heterocycles. The third-order valence-corrected chi connectivity index (χ3v) is 6.29. The Morgan fingerprint density at radius 1 is 1.26 bits per heavy atom. The summed E-state index contributed by atoms with van der Waals surface area (Å²) in [7, 11) is 0. The average molecular weight is 431 g/mol. The smallest absolute Gasteiger partial charge is 0.315 e. The highest BCUT2D eigenvalue weighted by molar-refractivity contribution is 6.09. The number of Topliss-reactive ketones (excluding diaryl/α,β-unsaturated/α-hetero) is 1. The van der Waals surface area contributed by atoms with Crippen LogP contribution in [0.4, 0.5) is 8.78 Å². The molecule has 0 radical (unpaired) electrons. The van der Waals surface area contributed by atoms with Gasteiger partial charge in [-0.15, -0.1) is 0 Å². The number of esters is 1. The van der Waals surface area contributed by atoms with Gasteiger partial charge in [0.15, 0.2) is 17.4 Å². The fraction of sp³-hybridized carbons (Fsp3) is 0.542. The second kappa shape index (κ2) is 8.26. The van der Waals surface area contributed by atoms with E-state index in [0.29, 0.717) is 42.0 Å². The van der Waals surface area contributed by atoms with Gasteiger partial charge in [-0.05, 0) is 49.3 Å². The van der Waals surface area contributed by atoms with E-state index in [1.807, 2.05) is 13.8 Å². The lowest BCUT2D eigenvalue weighted by Crippen LogP contribution is -2.40. The lowest BCUT2D eigenvalue weighted by molar-refractivity contribution is -0.149. The molecule has 0 bridgehead atoms. The fourth-order valence-electron chi connectivity index (χ4n) is 4.86. The van der Waals surface area contributed by atoms with Gasteiger partial charge in [0.05, 0.1) is 6.10 Å². The minimum Gasteiger partial charge on any atom is -0.462 e. The molecule has 4 rings (SSSR count). The van der Waals surface area contributed by atoms with Gasteiger partial charge in [0, 0.05) is 35.9 Å². The summed E-state index contributed by atoms with van der Waals surface area (Å²) in [5, 5.41) is 0. The highest BCUT2D eigenvalue weighted by Gasteiger charge is 2.46. The topological polar surface area (TPSA) is 65.0 Å². The van der Waals surface area contributed by atoms with Gasteiger partial charge in [-0.2, -0.15) is 0 Å². The molecule has 0 spiro atoms. The maximum absolute atomic E-state index is 14.1. The van der Waals surface area contributed by atoms with E-state index < -0.39 is 29.4 Å². The summed E-state index contributed by atoms with van der Waals surface area (Å²) >= 11 is 0. The van der Waals surface area contributed by atoms with Crippen molar-refractivity contribution >= 4 is 17.5 Å². The number of hydrogen-bond acceptors (Lipinski definition) is 5. The van der Waals surface area contributed by atoms with E-state index in [1.165, 1.54) is 6.07 Å². The Labute approximate surface area is 180 Å². The largest absolute Gasteiger partial charge is 0.462 e. The molecule has 166 valence electrons. The minimum atomic E-state index is -1.02. The average Bonchev–Trinajstić information content (AvgIpc) is 3.20. The van der Waals surface area contributed by atoms with Gasteiger partial charge in [0.2, 0.25) is 0 Å². The van der Waals surface area contributed by atoms with Crippen molar-refractivity contribution in [3.8, 4) is 0 Å². The maximum atomic E-state index is 14.1. The van der Waals surface area contributed by atoms with Crippen LogP contribution in [0.2, 0.25) is 0 Å². The molecule has 0 saturated carbocycles. The van der Waals surface area contributed by atoms with E-state index in [2.05, 4.69) is 4.99 Å². The Kier molecular flexibility index (Phi) is 5.81. The van der Waals surface area contributed by atoms with Crippen LogP contribution in [0.15, 0.2) is 34.5 Å². The minimum absolute atomic E-state index is 0.117. The third kappa shape index (κ3) is 4.33. The zero-order valence-corrected chi connectivity index (χ0v) is 18.0. The number of benzene rings is 1. The van der Waals surface area contributed by atoms with E-state index in [1.54, 1.807) is 6.92 Å². The number of aliphatic imine (C=N–C) groups is 1. The van der Waals surface area contributed by atoms with Gasteiger partial charge < -0.3 is 9.47 Å². The molecule has 0 N–H and O–H groups in total. The molecule has 1 saturated heterocycles. The summed E-state index contributed by atoms with van der Waals surface area (Å²) in [5.74, 6) is -4.29. The van der Waals surface area contributed by atoms with Gasteiger partial charge in [-0.25, -0.2) is 8.78 Å². The number of rotatable bonds is 4. The molecule has 0 amide bonds.